The minimum absolute atomic E-state index is 0.0761. The first-order valence-electron chi connectivity index (χ1n) is 17.6. The maximum absolute atomic E-state index is 13.8. The van der Waals surface area contributed by atoms with Crippen LogP contribution >= 0.6 is 45.9 Å². The van der Waals surface area contributed by atoms with Gasteiger partial charge in [0, 0.05) is 9.75 Å². The van der Waals surface area contributed by atoms with Crippen LogP contribution in [0.25, 0.3) is 20.4 Å². The molecule has 5 heterocycles. The van der Waals surface area contributed by atoms with E-state index in [0.717, 1.165) is 62.1 Å². The molecule has 1 aliphatic heterocycles. The SMILES string of the molecule is CCOC(=O)[C@@]1(CC)CCc2c(sc3ncnc(Cl)c23)C1.CC[C@]1(C(=O)N2C(=O)O[C@H](c3ccccc3)[C@@H]2C)CCc2c(sc3ncnc(Cl)c23)C1. The summed E-state index contributed by atoms with van der Waals surface area (Å²) in [5.74, 6) is -0.223. The highest BCUT2D eigenvalue weighted by Crippen LogP contribution is 2.48. The molecule has 0 bridgehead atoms. The Morgan fingerprint density at radius 3 is 1.94 bits per heavy atom. The van der Waals surface area contributed by atoms with Crippen LogP contribution in [0, 0.1) is 10.8 Å². The number of imide groups is 1. The molecule has 0 saturated carbocycles. The van der Waals surface area contributed by atoms with Gasteiger partial charge in [-0.2, -0.15) is 0 Å². The molecule has 52 heavy (non-hydrogen) atoms. The van der Waals surface area contributed by atoms with Crippen LogP contribution in [0.15, 0.2) is 43.0 Å². The second-order valence-corrected chi connectivity index (χ2v) is 16.6. The number of aromatic nitrogens is 4. The summed E-state index contributed by atoms with van der Waals surface area (Å²) in [6.45, 7) is 8.24. The van der Waals surface area contributed by atoms with Crippen LogP contribution in [0.3, 0.4) is 0 Å². The summed E-state index contributed by atoms with van der Waals surface area (Å²) < 4.78 is 10.9. The van der Waals surface area contributed by atoms with Crippen LogP contribution in [-0.4, -0.2) is 55.5 Å². The predicted octanol–water partition coefficient (Wildman–Crippen LogP) is 9.13. The monoisotopic (exact) mass is 779 g/mol. The van der Waals surface area contributed by atoms with Crippen LogP contribution in [0.2, 0.25) is 10.3 Å². The third-order valence-corrected chi connectivity index (χ3v) is 13.9. The number of thiophene rings is 2. The minimum atomic E-state index is -0.646. The molecule has 1 fully saturated rings. The standard InChI is InChI=1S/C23H22ClN3O3S.C15H17ClN2O2S/c1-3-23(10-9-15-16(11-23)31-20-17(15)19(24)25-12-26-20)21(28)27-13(2)18(30-22(27)29)14-7-5-4-6-8-14;1-3-15(14(19)20-4-2)6-5-9-10(7-15)21-13-11(9)12(16)17-8-18-13/h4-8,12-13,18H,3,9-11H2,1-2H3;8H,3-7H2,1-2H3/t13-,18-,23-;15-/m00/s1. The van der Waals surface area contributed by atoms with Crippen molar-refractivity contribution in [1.29, 1.82) is 0 Å². The van der Waals surface area contributed by atoms with Gasteiger partial charge < -0.3 is 9.47 Å². The number of nitrogens with zero attached hydrogens (tertiary/aromatic N) is 5. The van der Waals surface area contributed by atoms with Gasteiger partial charge in [0.15, 0.2) is 0 Å². The molecule has 0 radical (unpaired) electrons. The molecule has 0 spiro atoms. The van der Waals surface area contributed by atoms with Crippen LogP contribution in [-0.2, 0) is 44.7 Å². The van der Waals surface area contributed by atoms with Crippen molar-refractivity contribution in [2.45, 2.75) is 91.2 Å². The molecule has 4 atom stereocenters. The number of carbonyl (C=O) groups excluding carboxylic acids is 3. The average Bonchev–Trinajstić information content (AvgIpc) is 3.82. The van der Waals surface area contributed by atoms with Crippen LogP contribution in [0.5, 0.6) is 0 Å². The summed E-state index contributed by atoms with van der Waals surface area (Å²) >= 11 is 15.7. The van der Waals surface area contributed by atoms with Gasteiger partial charge in [-0.3, -0.25) is 9.59 Å². The van der Waals surface area contributed by atoms with Gasteiger partial charge in [-0.25, -0.2) is 29.6 Å². The molecule has 8 rings (SSSR count). The maximum Gasteiger partial charge on any atom is 0.417 e. The zero-order valence-corrected chi connectivity index (χ0v) is 32.6. The normalized spacial score (nSPS) is 23.8. The number of hydrogen-bond donors (Lipinski definition) is 0. The molecule has 0 unspecified atom stereocenters. The lowest BCUT2D eigenvalue weighted by molar-refractivity contribution is -0.156. The van der Waals surface area contributed by atoms with Crippen molar-refractivity contribution in [3.8, 4) is 0 Å². The quantitative estimate of drug-likeness (QED) is 0.123. The Morgan fingerprint density at radius 2 is 1.40 bits per heavy atom. The van der Waals surface area contributed by atoms with Gasteiger partial charge in [0.2, 0.25) is 5.91 Å². The molecule has 1 aromatic carbocycles. The molecule has 3 aliphatic rings. The number of amides is 2. The Bertz CT molecular complexity index is 2180. The molecule has 14 heteroatoms. The fourth-order valence-electron chi connectivity index (χ4n) is 7.95. The Hall–Kier alpha value is -3.71. The van der Waals surface area contributed by atoms with Crippen LogP contribution in [0.1, 0.15) is 85.9 Å². The number of hydrogen-bond acceptors (Lipinski definition) is 11. The number of ether oxygens (including phenoxy) is 2. The molecule has 272 valence electrons. The fourth-order valence-corrected chi connectivity index (χ4v) is 11.2. The summed E-state index contributed by atoms with van der Waals surface area (Å²) in [6, 6.07) is 9.22. The number of carbonyl (C=O) groups is 3. The number of esters is 1. The molecular weight excluding hydrogens is 741 g/mol. The molecule has 0 N–H and O–H groups in total. The molecule has 2 amide bonds. The second-order valence-electron chi connectivity index (χ2n) is 13.7. The van der Waals surface area contributed by atoms with E-state index in [-0.39, 0.29) is 17.9 Å². The van der Waals surface area contributed by atoms with E-state index in [1.54, 1.807) is 22.7 Å². The predicted molar refractivity (Wildman–Crippen MR) is 203 cm³/mol. The van der Waals surface area contributed by atoms with Gasteiger partial charge in [0.05, 0.1) is 34.3 Å². The minimum Gasteiger partial charge on any atom is -0.466 e. The number of fused-ring (bicyclic) bond motifs is 6. The van der Waals surface area contributed by atoms with Gasteiger partial charge in [0.1, 0.15) is 38.7 Å². The molecule has 1 saturated heterocycles. The van der Waals surface area contributed by atoms with E-state index in [1.165, 1.54) is 28.0 Å². The highest BCUT2D eigenvalue weighted by Gasteiger charge is 2.51. The first-order valence-corrected chi connectivity index (χ1v) is 20.0. The Balaban J connectivity index is 0.000000175. The first-order chi connectivity index (χ1) is 25.1. The van der Waals surface area contributed by atoms with Crippen molar-refractivity contribution < 1.29 is 23.9 Å². The fraction of sp³-hybridized carbons (Fsp3) is 0.447. The van der Waals surface area contributed by atoms with Crippen molar-refractivity contribution in [2.75, 3.05) is 6.61 Å². The third kappa shape index (κ3) is 6.25. The van der Waals surface area contributed by atoms with Crippen molar-refractivity contribution in [1.82, 2.24) is 24.8 Å². The zero-order chi connectivity index (χ0) is 36.8. The highest BCUT2D eigenvalue weighted by molar-refractivity contribution is 7.19. The number of rotatable bonds is 6. The number of cyclic esters (lactones) is 1. The average molecular weight is 781 g/mol. The van der Waals surface area contributed by atoms with Crippen molar-refractivity contribution in [2.24, 2.45) is 10.8 Å². The smallest absolute Gasteiger partial charge is 0.417 e. The molecule has 5 aromatic rings. The van der Waals surface area contributed by atoms with Gasteiger partial charge >= 0.3 is 12.1 Å². The lowest BCUT2D eigenvalue weighted by atomic mass is 9.71. The number of benzene rings is 1. The lowest BCUT2D eigenvalue weighted by Gasteiger charge is -2.37. The highest BCUT2D eigenvalue weighted by atomic mass is 35.5. The van der Waals surface area contributed by atoms with E-state index in [0.29, 0.717) is 42.6 Å². The van der Waals surface area contributed by atoms with Gasteiger partial charge in [-0.05, 0) is 81.9 Å². The number of halogens is 2. The second kappa shape index (κ2) is 14.6. The van der Waals surface area contributed by atoms with Crippen LogP contribution < -0.4 is 0 Å². The topological polar surface area (TPSA) is 124 Å². The summed E-state index contributed by atoms with van der Waals surface area (Å²) in [7, 11) is 0. The van der Waals surface area contributed by atoms with Crippen molar-refractivity contribution in [3.63, 3.8) is 0 Å². The first kappa shape index (κ1) is 36.6. The summed E-state index contributed by atoms with van der Waals surface area (Å²) in [4.78, 5) is 61.3. The Kier molecular flexibility index (Phi) is 10.3. The zero-order valence-electron chi connectivity index (χ0n) is 29.4. The maximum atomic E-state index is 13.8. The third-order valence-electron chi connectivity index (χ3n) is 11.1. The Labute approximate surface area is 319 Å². The number of aryl methyl sites for hydroxylation is 2. The summed E-state index contributed by atoms with van der Waals surface area (Å²) in [6.07, 6.45) is 7.66. The Morgan fingerprint density at radius 1 is 0.865 bits per heavy atom. The van der Waals surface area contributed by atoms with Gasteiger partial charge in [0.25, 0.3) is 0 Å². The molecule has 2 aliphatic carbocycles. The van der Waals surface area contributed by atoms with E-state index in [4.69, 9.17) is 32.7 Å². The van der Waals surface area contributed by atoms with E-state index in [9.17, 15) is 14.4 Å². The molecular formula is C38H39Cl2N5O5S2. The summed E-state index contributed by atoms with van der Waals surface area (Å²) in [5, 5.41) is 2.84. The van der Waals surface area contributed by atoms with Crippen molar-refractivity contribution in [3.05, 3.63) is 79.7 Å². The van der Waals surface area contributed by atoms with E-state index in [1.807, 2.05) is 51.1 Å². The van der Waals surface area contributed by atoms with E-state index < -0.39 is 23.0 Å². The van der Waals surface area contributed by atoms with Crippen LogP contribution in [0.4, 0.5) is 4.79 Å². The van der Waals surface area contributed by atoms with Gasteiger partial charge in [-0.15, -0.1) is 22.7 Å². The van der Waals surface area contributed by atoms with Gasteiger partial charge in [-0.1, -0.05) is 67.4 Å². The van der Waals surface area contributed by atoms with E-state index in [2.05, 4.69) is 26.9 Å². The van der Waals surface area contributed by atoms with E-state index >= 15 is 0 Å². The molecule has 10 nitrogen and oxygen atoms in total. The largest absolute Gasteiger partial charge is 0.466 e. The molecule has 4 aromatic heterocycles. The summed E-state index contributed by atoms with van der Waals surface area (Å²) in [5.41, 5.74) is 2.21. The van der Waals surface area contributed by atoms with Crippen molar-refractivity contribution >= 4 is 84.3 Å². The lowest BCUT2D eigenvalue weighted by Crippen LogP contribution is -2.49.